The predicted octanol–water partition coefficient (Wildman–Crippen LogP) is 2.91. The maximum absolute atomic E-state index is 11.6. The number of nitro benzene ring substituents is 1. The molecule has 10 heteroatoms. The third-order valence-electron chi connectivity index (χ3n) is 3.31. The Kier molecular flexibility index (Phi) is 4.44. The number of aromatic nitrogens is 3. The average molecular weight is 356 g/mol. The van der Waals surface area contributed by atoms with Crippen LogP contribution in [0, 0.1) is 10.1 Å². The first-order valence-corrected chi connectivity index (χ1v) is 7.46. The van der Waals surface area contributed by atoms with Gasteiger partial charge >= 0.3 is 6.03 Å². The molecule has 0 aliphatic carbocycles. The van der Waals surface area contributed by atoms with E-state index in [2.05, 4.69) is 33.1 Å². The molecule has 2 aromatic heterocycles. The third kappa shape index (κ3) is 3.63. The second-order valence-electron chi connectivity index (χ2n) is 5.05. The van der Waals surface area contributed by atoms with Crippen LogP contribution in [0.1, 0.15) is 0 Å². The fraction of sp³-hybridized carbons (Fsp3) is 0.0667. The van der Waals surface area contributed by atoms with E-state index in [0.717, 1.165) is 4.31 Å². The zero-order chi connectivity index (χ0) is 18.0. The van der Waals surface area contributed by atoms with Crippen LogP contribution in [0.5, 0.6) is 0 Å². The van der Waals surface area contributed by atoms with Crippen molar-refractivity contribution in [1.82, 2.24) is 19.3 Å². The number of nitrogens with one attached hydrogen (secondary N) is 1. The molecule has 0 saturated heterocycles. The number of carbonyl (C=O) groups is 1. The zero-order valence-corrected chi connectivity index (χ0v) is 13.8. The number of hydrogen-bond acceptors (Lipinski definition) is 7. The number of benzene rings is 1. The molecule has 0 unspecified atom stereocenters. The van der Waals surface area contributed by atoms with Crippen molar-refractivity contribution < 1.29 is 9.72 Å². The molecule has 2 amide bonds. The number of thiol groups is 1. The van der Waals surface area contributed by atoms with Crippen molar-refractivity contribution in [3.63, 3.8) is 0 Å². The number of non-ortho nitro benzene ring substituents is 1. The first-order chi connectivity index (χ1) is 11.9. The Labute approximate surface area is 147 Å². The molecule has 0 radical (unpaired) electrons. The minimum Gasteiger partial charge on any atom is -0.291 e. The standard InChI is InChI=1S/C15H12N6O3S/c1-20(25)15(22)19-13-7-6-11-14(18-13)17-12(8-16-11)9-2-4-10(5-3-9)21(23)24/h2-8,25H,1H3,(H,17,18,19,22). The third-order valence-corrected chi connectivity index (χ3v) is 3.49. The van der Waals surface area contributed by atoms with Gasteiger partial charge in [-0.05, 0) is 24.3 Å². The van der Waals surface area contributed by atoms with Gasteiger partial charge in [-0.15, -0.1) is 0 Å². The summed E-state index contributed by atoms with van der Waals surface area (Å²) in [5.41, 5.74) is 2.09. The van der Waals surface area contributed by atoms with Gasteiger partial charge in [0.25, 0.3) is 5.69 Å². The van der Waals surface area contributed by atoms with Crippen LogP contribution in [0.15, 0.2) is 42.6 Å². The fourth-order valence-corrected chi connectivity index (χ4v) is 2.10. The van der Waals surface area contributed by atoms with E-state index in [4.69, 9.17) is 0 Å². The number of urea groups is 1. The molecule has 0 atom stereocenters. The summed E-state index contributed by atoms with van der Waals surface area (Å²) in [5, 5.41) is 13.3. The Morgan fingerprint density at radius 1 is 1.20 bits per heavy atom. The number of nitro groups is 1. The second-order valence-corrected chi connectivity index (χ2v) is 5.65. The van der Waals surface area contributed by atoms with Crippen LogP contribution >= 0.6 is 12.8 Å². The molecular formula is C15H12N6O3S. The molecule has 0 aliphatic rings. The lowest BCUT2D eigenvalue weighted by Crippen LogP contribution is -2.23. The number of fused-ring (bicyclic) bond motifs is 1. The lowest BCUT2D eigenvalue weighted by atomic mass is 10.1. The van der Waals surface area contributed by atoms with Crippen LogP contribution in [0.3, 0.4) is 0 Å². The molecule has 25 heavy (non-hydrogen) atoms. The summed E-state index contributed by atoms with van der Waals surface area (Å²) in [5.74, 6) is 0.313. The Hall–Kier alpha value is -3.27. The summed E-state index contributed by atoms with van der Waals surface area (Å²) in [7, 11) is 1.49. The van der Waals surface area contributed by atoms with E-state index in [9.17, 15) is 14.9 Å². The van der Waals surface area contributed by atoms with E-state index >= 15 is 0 Å². The second kappa shape index (κ2) is 6.69. The first-order valence-electron chi connectivity index (χ1n) is 7.06. The molecular weight excluding hydrogens is 344 g/mol. The van der Waals surface area contributed by atoms with Crippen LogP contribution in [-0.2, 0) is 0 Å². The van der Waals surface area contributed by atoms with Crippen LogP contribution in [0.2, 0.25) is 0 Å². The van der Waals surface area contributed by atoms with Gasteiger partial charge in [-0.2, -0.15) is 0 Å². The lowest BCUT2D eigenvalue weighted by Gasteiger charge is -2.10. The average Bonchev–Trinajstić information content (AvgIpc) is 2.61. The molecule has 2 heterocycles. The number of rotatable bonds is 3. The van der Waals surface area contributed by atoms with Gasteiger partial charge in [-0.1, -0.05) is 12.8 Å². The minimum absolute atomic E-state index is 0.00324. The van der Waals surface area contributed by atoms with Gasteiger partial charge in [0.1, 0.15) is 11.3 Å². The van der Waals surface area contributed by atoms with Gasteiger partial charge in [-0.25, -0.2) is 14.8 Å². The molecule has 126 valence electrons. The Morgan fingerprint density at radius 3 is 2.56 bits per heavy atom. The highest BCUT2D eigenvalue weighted by atomic mass is 32.1. The molecule has 0 bridgehead atoms. The van der Waals surface area contributed by atoms with Gasteiger partial charge in [0.05, 0.1) is 16.8 Å². The van der Waals surface area contributed by atoms with Crippen LogP contribution in [0.25, 0.3) is 22.4 Å². The molecule has 3 rings (SSSR count). The summed E-state index contributed by atoms with van der Waals surface area (Å²) >= 11 is 3.90. The summed E-state index contributed by atoms with van der Waals surface area (Å²) in [4.78, 5) is 34.8. The number of amides is 2. The molecule has 0 aliphatic heterocycles. The summed E-state index contributed by atoms with van der Waals surface area (Å²) < 4.78 is 1.09. The topological polar surface area (TPSA) is 114 Å². The number of pyridine rings is 1. The van der Waals surface area contributed by atoms with Gasteiger partial charge in [0.2, 0.25) is 0 Å². The maximum atomic E-state index is 11.6. The molecule has 3 aromatic rings. The molecule has 9 nitrogen and oxygen atoms in total. The Balaban J connectivity index is 1.95. The number of hydrogen-bond donors (Lipinski definition) is 2. The van der Waals surface area contributed by atoms with Gasteiger partial charge < -0.3 is 0 Å². The molecule has 0 saturated carbocycles. The smallest absolute Gasteiger partial charge is 0.291 e. The number of carbonyl (C=O) groups excluding carboxylic acids is 1. The van der Waals surface area contributed by atoms with Crippen molar-refractivity contribution in [3.8, 4) is 11.3 Å². The normalized spacial score (nSPS) is 10.5. The molecule has 0 spiro atoms. The largest absolute Gasteiger partial charge is 0.332 e. The lowest BCUT2D eigenvalue weighted by molar-refractivity contribution is -0.384. The highest BCUT2D eigenvalue weighted by Crippen LogP contribution is 2.22. The van der Waals surface area contributed by atoms with E-state index in [1.165, 1.54) is 19.2 Å². The van der Waals surface area contributed by atoms with E-state index in [-0.39, 0.29) is 5.69 Å². The number of nitrogens with zero attached hydrogens (tertiary/aromatic N) is 5. The monoisotopic (exact) mass is 356 g/mol. The Bertz CT molecular complexity index is 961. The highest BCUT2D eigenvalue weighted by molar-refractivity contribution is 7.78. The van der Waals surface area contributed by atoms with E-state index < -0.39 is 11.0 Å². The molecule has 1 N–H and O–H groups in total. The summed E-state index contributed by atoms with van der Waals surface area (Å²) in [6.07, 6.45) is 1.56. The predicted molar refractivity (Wildman–Crippen MR) is 95.2 cm³/mol. The van der Waals surface area contributed by atoms with E-state index in [0.29, 0.717) is 28.2 Å². The van der Waals surface area contributed by atoms with Crippen LogP contribution in [-0.4, -0.2) is 37.3 Å². The van der Waals surface area contributed by atoms with Crippen LogP contribution in [0.4, 0.5) is 16.3 Å². The van der Waals surface area contributed by atoms with Crippen molar-refractivity contribution in [3.05, 3.63) is 52.7 Å². The highest BCUT2D eigenvalue weighted by Gasteiger charge is 2.10. The van der Waals surface area contributed by atoms with E-state index in [1.807, 2.05) is 0 Å². The maximum Gasteiger partial charge on any atom is 0.332 e. The van der Waals surface area contributed by atoms with Crippen molar-refractivity contribution in [2.24, 2.45) is 0 Å². The van der Waals surface area contributed by atoms with Crippen molar-refractivity contribution in [1.29, 1.82) is 0 Å². The van der Waals surface area contributed by atoms with Gasteiger partial charge in [0.15, 0.2) is 5.65 Å². The van der Waals surface area contributed by atoms with Gasteiger partial charge in [-0.3, -0.25) is 24.7 Å². The molecule has 0 fully saturated rings. The van der Waals surface area contributed by atoms with Gasteiger partial charge in [0, 0.05) is 24.7 Å². The van der Waals surface area contributed by atoms with Crippen molar-refractivity contribution in [2.75, 3.05) is 12.4 Å². The number of anilines is 1. The molecule has 1 aromatic carbocycles. The Morgan fingerprint density at radius 2 is 1.92 bits per heavy atom. The minimum atomic E-state index is -0.467. The SMILES string of the molecule is CN(S)C(=O)Nc1ccc2ncc(-c3ccc([N+](=O)[O-])cc3)nc2n1. The van der Waals surface area contributed by atoms with E-state index in [1.54, 1.807) is 30.5 Å². The summed E-state index contributed by atoms with van der Waals surface area (Å²) in [6.45, 7) is 0. The zero-order valence-electron chi connectivity index (χ0n) is 12.9. The fourth-order valence-electron chi connectivity index (χ4n) is 2.05. The quantitative estimate of drug-likeness (QED) is 0.424. The van der Waals surface area contributed by atoms with Crippen molar-refractivity contribution in [2.45, 2.75) is 0 Å². The first kappa shape index (κ1) is 16.6. The van der Waals surface area contributed by atoms with Crippen molar-refractivity contribution >= 4 is 41.5 Å². The summed E-state index contributed by atoms with van der Waals surface area (Å²) in [6, 6.07) is 8.84. The van der Waals surface area contributed by atoms with Crippen LogP contribution < -0.4 is 5.32 Å².